The van der Waals surface area contributed by atoms with E-state index in [1.165, 1.54) is 0 Å². The maximum Gasteiger partial charge on any atom is 0.239 e. The van der Waals surface area contributed by atoms with Crippen LogP contribution in [0.25, 0.3) is 0 Å². The second-order valence-corrected chi connectivity index (χ2v) is 6.75. The van der Waals surface area contributed by atoms with Crippen LogP contribution in [0.3, 0.4) is 0 Å². The largest absolute Gasteiger partial charge is 0.383 e. The van der Waals surface area contributed by atoms with E-state index < -0.39 is 0 Å². The molecule has 0 saturated carbocycles. The molecule has 9 nitrogen and oxygen atoms in total. The van der Waals surface area contributed by atoms with Crippen LogP contribution >= 0.6 is 0 Å². The summed E-state index contributed by atoms with van der Waals surface area (Å²) in [6.07, 6.45) is 2.77. The quantitative estimate of drug-likeness (QED) is 0.770. The molecule has 2 aliphatic heterocycles. The molecule has 2 fully saturated rings. The van der Waals surface area contributed by atoms with E-state index in [-0.39, 0.29) is 29.6 Å². The van der Waals surface area contributed by atoms with Crippen molar-refractivity contribution < 1.29 is 14.3 Å². The smallest absolute Gasteiger partial charge is 0.239 e. The molecule has 3 rings (SSSR count). The second-order valence-electron chi connectivity index (χ2n) is 6.75. The summed E-state index contributed by atoms with van der Waals surface area (Å²) in [5.74, 6) is 1.50. The molecule has 138 valence electrons. The van der Waals surface area contributed by atoms with Crippen LogP contribution < -0.4 is 5.73 Å². The predicted molar refractivity (Wildman–Crippen MR) is 90.5 cm³/mol. The van der Waals surface area contributed by atoms with Crippen molar-refractivity contribution in [1.82, 2.24) is 25.0 Å². The van der Waals surface area contributed by atoms with E-state index >= 15 is 0 Å². The van der Waals surface area contributed by atoms with Gasteiger partial charge in [0.2, 0.25) is 17.8 Å². The minimum Gasteiger partial charge on any atom is -0.383 e. The van der Waals surface area contributed by atoms with Crippen molar-refractivity contribution in [2.45, 2.75) is 31.6 Å². The van der Waals surface area contributed by atoms with Gasteiger partial charge in [0.15, 0.2) is 0 Å². The van der Waals surface area contributed by atoms with Crippen LogP contribution in [0.2, 0.25) is 0 Å². The van der Waals surface area contributed by atoms with Crippen LogP contribution in [0.5, 0.6) is 0 Å². The number of methoxy groups -OCH3 is 1. The van der Waals surface area contributed by atoms with Gasteiger partial charge >= 0.3 is 0 Å². The lowest BCUT2D eigenvalue weighted by atomic mass is 9.92. The third-order valence-electron chi connectivity index (χ3n) is 5.13. The Labute approximate surface area is 146 Å². The van der Waals surface area contributed by atoms with Gasteiger partial charge in [0.1, 0.15) is 5.82 Å². The molecule has 3 heterocycles. The molecule has 0 unspecified atom stereocenters. The average Bonchev–Trinajstić information content (AvgIpc) is 3.07. The first-order valence-corrected chi connectivity index (χ1v) is 8.81. The van der Waals surface area contributed by atoms with Gasteiger partial charge in [-0.15, -0.1) is 5.10 Å². The zero-order valence-electron chi connectivity index (χ0n) is 14.6. The molecule has 3 N–H and O–H groups in total. The fourth-order valence-corrected chi connectivity index (χ4v) is 3.64. The van der Waals surface area contributed by atoms with Crippen LogP contribution in [0.1, 0.15) is 37.4 Å². The normalized spacial score (nSPS) is 22.4. The number of nitrogens with zero attached hydrogens (tertiary/aromatic N) is 4. The average molecular weight is 350 g/mol. The van der Waals surface area contributed by atoms with Gasteiger partial charge in [0, 0.05) is 45.6 Å². The first-order chi connectivity index (χ1) is 12.1. The highest BCUT2D eigenvalue weighted by atomic mass is 16.5. The minimum absolute atomic E-state index is 0.105. The fraction of sp³-hybridized carbons (Fsp3) is 0.750. The maximum atomic E-state index is 12.8. The molecule has 1 aromatic heterocycles. The van der Waals surface area contributed by atoms with Crippen LogP contribution in [0.4, 0.5) is 5.95 Å². The molecule has 25 heavy (non-hydrogen) atoms. The number of likely N-dealkylation sites (tertiary alicyclic amines) is 2. The highest BCUT2D eigenvalue weighted by Crippen LogP contribution is 2.28. The van der Waals surface area contributed by atoms with Gasteiger partial charge in [-0.05, 0) is 19.3 Å². The zero-order chi connectivity index (χ0) is 17.8. The summed E-state index contributed by atoms with van der Waals surface area (Å²) in [5.41, 5.74) is 5.56. The SMILES string of the molecule is COCCN1C[C@H](C(=O)N2CCC(c3nc(N)n[nH]3)CC2)CCC1=O. The minimum atomic E-state index is -0.105. The van der Waals surface area contributed by atoms with E-state index in [9.17, 15) is 9.59 Å². The van der Waals surface area contributed by atoms with Gasteiger partial charge < -0.3 is 20.3 Å². The molecular formula is C16H26N6O3. The Kier molecular flexibility index (Phi) is 5.52. The Morgan fingerprint density at radius 3 is 2.76 bits per heavy atom. The lowest BCUT2D eigenvalue weighted by molar-refractivity contribution is -0.144. The number of rotatable bonds is 5. The van der Waals surface area contributed by atoms with Crippen molar-refractivity contribution in [3.63, 3.8) is 0 Å². The number of ether oxygens (including phenoxy) is 1. The molecule has 2 aliphatic rings. The number of H-pyrrole nitrogens is 1. The number of hydrogen-bond acceptors (Lipinski definition) is 6. The highest BCUT2D eigenvalue weighted by Gasteiger charge is 2.34. The number of nitrogens with two attached hydrogens (primary N) is 1. The van der Waals surface area contributed by atoms with Crippen molar-refractivity contribution in [1.29, 1.82) is 0 Å². The van der Waals surface area contributed by atoms with E-state index in [1.807, 2.05) is 4.90 Å². The van der Waals surface area contributed by atoms with Gasteiger partial charge in [-0.2, -0.15) is 4.98 Å². The fourth-order valence-electron chi connectivity index (χ4n) is 3.64. The van der Waals surface area contributed by atoms with Gasteiger partial charge in [0.25, 0.3) is 0 Å². The number of piperidine rings is 2. The molecule has 9 heteroatoms. The molecule has 2 amide bonds. The van der Waals surface area contributed by atoms with E-state index in [0.29, 0.717) is 45.6 Å². The number of carbonyl (C=O) groups excluding carboxylic acids is 2. The van der Waals surface area contributed by atoms with Gasteiger partial charge in [-0.25, -0.2) is 0 Å². The predicted octanol–water partition coefficient (Wildman–Crippen LogP) is -0.0221. The molecule has 0 aliphatic carbocycles. The Morgan fingerprint density at radius 2 is 2.12 bits per heavy atom. The van der Waals surface area contributed by atoms with E-state index in [4.69, 9.17) is 10.5 Å². The number of nitrogens with one attached hydrogen (secondary N) is 1. The van der Waals surface area contributed by atoms with Crippen molar-refractivity contribution in [3.05, 3.63) is 5.82 Å². The number of hydrogen-bond donors (Lipinski definition) is 2. The first kappa shape index (κ1) is 17.7. The standard InChI is InChI=1S/C16H26N6O3/c1-25-9-8-22-10-12(2-3-13(22)23)15(24)21-6-4-11(5-7-21)14-18-16(17)20-19-14/h11-12H,2-10H2,1H3,(H3,17,18,19,20)/t12-/m1/s1. The summed E-state index contributed by atoms with van der Waals surface area (Å²) >= 11 is 0. The molecule has 0 radical (unpaired) electrons. The van der Waals surface area contributed by atoms with Gasteiger partial charge in [-0.1, -0.05) is 0 Å². The molecule has 1 atom stereocenters. The lowest BCUT2D eigenvalue weighted by Crippen LogP contribution is -2.49. The number of aromatic nitrogens is 3. The molecule has 0 aromatic carbocycles. The Balaban J connectivity index is 1.52. The van der Waals surface area contributed by atoms with Crippen molar-refractivity contribution >= 4 is 17.8 Å². The van der Waals surface area contributed by atoms with Crippen molar-refractivity contribution in [3.8, 4) is 0 Å². The molecule has 0 bridgehead atoms. The molecule has 0 spiro atoms. The van der Waals surface area contributed by atoms with E-state index in [1.54, 1.807) is 12.0 Å². The number of aromatic amines is 1. The van der Waals surface area contributed by atoms with Gasteiger partial charge in [-0.3, -0.25) is 14.7 Å². The monoisotopic (exact) mass is 350 g/mol. The Morgan fingerprint density at radius 1 is 1.36 bits per heavy atom. The number of amides is 2. The molecule has 2 saturated heterocycles. The van der Waals surface area contributed by atoms with Gasteiger partial charge in [0.05, 0.1) is 12.5 Å². The third-order valence-corrected chi connectivity index (χ3v) is 5.13. The van der Waals surface area contributed by atoms with Crippen LogP contribution in [-0.4, -0.2) is 76.7 Å². The summed E-state index contributed by atoms with van der Waals surface area (Å²) in [7, 11) is 1.61. The number of anilines is 1. The second kappa shape index (κ2) is 7.81. The summed E-state index contributed by atoms with van der Waals surface area (Å²) in [6.45, 7) is 2.95. The Bertz CT molecular complexity index is 611. The summed E-state index contributed by atoms with van der Waals surface area (Å²) in [6, 6.07) is 0. The Hall–Kier alpha value is -2.16. The van der Waals surface area contributed by atoms with Crippen molar-refractivity contribution in [2.75, 3.05) is 45.6 Å². The zero-order valence-corrected chi connectivity index (χ0v) is 14.6. The van der Waals surface area contributed by atoms with Crippen LogP contribution in [-0.2, 0) is 14.3 Å². The summed E-state index contributed by atoms with van der Waals surface area (Å²) < 4.78 is 5.05. The molecule has 1 aromatic rings. The van der Waals surface area contributed by atoms with E-state index in [0.717, 1.165) is 18.7 Å². The van der Waals surface area contributed by atoms with Crippen molar-refractivity contribution in [2.24, 2.45) is 5.92 Å². The van der Waals surface area contributed by atoms with E-state index in [2.05, 4.69) is 15.2 Å². The summed E-state index contributed by atoms with van der Waals surface area (Å²) in [5, 5.41) is 6.74. The number of nitrogen functional groups attached to an aromatic ring is 1. The lowest BCUT2D eigenvalue weighted by Gasteiger charge is -2.37. The van der Waals surface area contributed by atoms with Crippen LogP contribution in [0.15, 0.2) is 0 Å². The highest BCUT2D eigenvalue weighted by molar-refractivity contribution is 5.84. The number of carbonyl (C=O) groups is 2. The topological polar surface area (TPSA) is 117 Å². The molecular weight excluding hydrogens is 324 g/mol. The maximum absolute atomic E-state index is 12.8. The summed E-state index contributed by atoms with van der Waals surface area (Å²) in [4.78, 5) is 32.7. The van der Waals surface area contributed by atoms with Crippen LogP contribution in [0, 0.1) is 5.92 Å². The first-order valence-electron chi connectivity index (χ1n) is 8.81. The third kappa shape index (κ3) is 4.09.